The van der Waals surface area contributed by atoms with Gasteiger partial charge in [0.05, 0.1) is 32.0 Å². The number of halogens is 4. The predicted molar refractivity (Wildman–Crippen MR) is 132 cm³/mol. The number of anilines is 2. The first-order valence-electron chi connectivity index (χ1n) is 9.72. The Labute approximate surface area is 212 Å². The highest BCUT2D eigenvalue weighted by atomic mass is 127. The van der Waals surface area contributed by atoms with Crippen LogP contribution in [0.3, 0.4) is 0 Å². The lowest BCUT2D eigenvalue weighted by Crippen LogP contribution is -2.44. The number of carbonyl (C=O) groups is 1. The maximum absolute atomic E-state index is 13.5. The lowest BCUT2D eigenvalue weighted by Gasteiger charge is -2.31. The first-order valence-corrected chi connectivity index (χ1v) is 11.2. The fourth-order valence-corrected chi connectivity index (χ4v) is 4.63. The van der Waals surface area contributed by atoms with Crippen molar-refractivity contribution in [3.05, 3.63) is 51.1 Å². The highest BCUT2D eigenvalue weighted by Gasteiger charge is 2.48. The molecule has 7 nitrogen and oxygen atoms in total. The summed E-state index contributed by atoms with van der Waals surface area (Å²) in [7, 11) is 0. The van der Waals surface area contributed by atoms with Crippen molar-refractivity contribution in [2.75, 3.05) is 23.0 Å². The normalized spacial score (nSPS) is 15.5. The van der Waals surface area contributed by atoms with Crippen molar-refractivity contribution in [3.8, 4) is 11.8 Å². The molecule has 1 heterocycles. The molecule has 178 valence electrons. The third kappa shape index (κ3) is 4.73. The summed E-state index contributed by atoms with van der Waals surface area (Å²) in [4.78, 5) is 14.2. The summed E-state index contributed by atoms with van der Waals surface area (Å²) in [6.45, 7) is 2.51. The van der Waals surface area contributed by atoms with Crippen molar-refractivity contribution in [2.24, 2.45) is 0 Å². The second kappa shape index (κ2) is 9.47. The largest absolute Gasteiger partial charge is 0.485 e. The molecule has 2 aromatic carbocycles. The van der Waals surface area contributed by atoms with Crippen LogP contribution < -0.4 is 14.5 Å². The molecule has 1 fully saturated rings. The number of ether oxygens (including phenoxy) is 1. The number of amidine groups is 1. The summed E-state index contributed by atoms with van der Waals surface area (Å²) >= 11 is 7.59. The van der Waals surface area contributed by atoms with Gasteiger partial charge in [-0.1, -0.05) is 0 Å². The van der Waals surface area contributed by atoms with Gasteiger partial charge in [0.15, 0.2) is 10.9 Å². The van der Waals surface area contributed by atoms with Gasteiger partial charge in [0.1, 0.15) is 24.8 Å². The molecule has 0 spiro atoms. The van der Waals surface area contributed by atoms with E-state index in [1.807, 2.05) is 22.6 Å². The molecule has 0 aromatic heterocycles. The number of carbonyl (C=O) groups excluding carboxylic acids is 1. The molecule has 3 rings (SSSR count). The van der Waals surface area contributed by atoms with Gasteiger partial charge in [-0.3, -0.25) is 15.1 Å². The Morgan fingerprint density at radius 2 is 1.91 bits per heavy atom. The predicted octanol–water partition coefficient (Wildman–Crippen LogP) is 4.49. The van der Waals surface area contributed by atoms with Crippen LogP contribution in [0.1, 0.15) is 25.0 Å². The third-order valence-corrected chi connectivity index (χ3v) is 6.38. The standard InChI is InChI=1S/C22H18F3IN4O3S/c1-21(2)19(28)29(13-4-3-12(9-27)16(7-13)22(23,24)25)20(34)30(21)14-5-6-18(17(26)8-14)33-11-15(32)10-31/h3-8,28,31H,10-11H2,1-2H3. The van der Waals surface area contributed by atoms with E-state index < -0.39 is 35.2 Å². The number of alkyl halides is 3. The van der Waals surface area contributed by atoms with E-state index in [0.717, 1.165) is 12.1 Å². The van der Waals surface area contributed by atoms with Crippen LogP contribution in [0, 0.1) is 20.3 Å². The Bertz CT molecular complexity index is 1230. The summed E-state index contributed by atoms with van der Waals surface area (Å²) in [6.07, 6.45) is -4.75. The van der Waals surface area contributed by atoms with Crippen molar-refractivity contribution < 1.29 is 27.8 Å². The quantitative estimate of drug-likeness (QED) is 0.372. The number of hydrogen-bond donors (Lipinski definition) is 2. The van der Waals surface area contributed by atoms with Gasteiger partial charge in [0.25, 0.3) is 0 Å². The molecule has 1 aliphatic rings. The van der Waals surface area contributed by atoms with Crippen molar-refractivity contribution >= 4 is 62.9 Å². The van der Waals surface area contributed by atoms with Crippen molar-refractivity contribution in [1.82, 2.24) is 0 Å². The van der Waals surface area contributed by atoms with Gasteiger partial charge in [0, 0.05) is 5.69 Å². The smallest absolute Gasteiger partial charge is 0.417 e. The van der Waals surface area contributed by atoms with E-state index in [4.69, 9.17) is 32.7 Å². The summed E-state index contributed by atoms with van der Waals surface area (Å²) in [5, 5.41) is 26.7. The summed E-state index contributed by atoms with van der Waals surface area (Å²) in [5.41, 5.74) is -2.05. The fourth-order valence-electron chi connectivity index (χ4n) is 3.44. The van der Waals surface area contributed by atoms with E-state index in [0.29, 0.717) is 15.0 Å². The van der Waals surface area contributed by atoms with Crippen LogP contribution in [0.5, 0.6) is 5.75 Å². The van der Waals surface area contributed by atoms with E-state index in [9.17, 15) is 18.0 Å². The van der Waals surface area contributed by atoms with E-state index in [1.54, 1.807) is 43.0 Å². The molecule has 12 heteroatoms. The van der Waals surface area contributed by atoms with Crippen molar-refractivity contribution in [1.29, 1.82) is 10.7 Å². The second-order valence-electron chi connectivity index (χ2n) is 7.80. The zero-order chi connectivity index (χ0) is 25.4. The Kier molecular flexibility index (Phi) is 7.20. The fraction of sp³-hybridized carbons (Fsp3) is 0.273. The first kappa shape index (κ1) is 25.9. The number of benzene rings is 2. The molecule has 2 aromatic rings. The number of hydrogen-bond acceptors (Lipinski definition) is 6. The second-order valence-corrected chi connectivity index (χ2v) is 9.33. The Morgan fingerprint density at radius 3 is 2.47 bits per heavy atom. The molecule has 0 aliphatic carbocycles. The molecule has 2 N–H and O–H groups in total. The van der Waals surface area contributed by atoms with Crippen molar-refractivity contribution in [3.63, 3.8) is 0 Å². The molecule has 0 radical (unpaired) electrons. The average Bonchev–Trinajstić information content (AvgIpc) is 2.95. The molecule has 0 amide bonds. The zero-order valence-corrected chi connectivity index (χ0v) is 20.9. The van der Waals surface area contributed by atoms with Crippen LogP contribution in [0.15, 0.2) is 36.4 Å². The Hall–Kier alpha value is -2.76. The minimum Gasteiger partial charge on any atom is -0.485 e. The zero-order valence-electron chi connectivity index (χ0n) is 17.9. The van der Waals surface area contributed by atoms with E-state index in [-0.39, 0.29) is 23.2 Å². The van der Waals surface area contributed by atoms with Crippen LogP contribution in [-0.4, -0.2) is 40.6 Å². The highest BCUT2D eigenvalue weighted by Crippen LogP contribution is 2.40. The molecular formula is C22H18F3IN4O3S. The monoisotopic (exact) mass is 602 g/mol. The summed E-state index contributed by atoms with van der Waals surface area (Å²) < 4.78 is 46.5. The number of nitriles is 1. The number of rotatable bonds is 6. The average molecular weight is 602 g/mol. The number of nitrogens with one attached hydrogen (secondary N) is 1. The maximum atomic E-state index is 13.5. The lowest BCUT2D eigenvalue weighted by molar-refractivity contribution is -0.137. The molecule has 1 aliphatic heterocycles. The van der Waals surface area contributed by atoms with Gasteiger partial charge >= 0.3 is 6.18 Å². The maximum Gasteiger partial charge on any atom is 0.417 e. The number of aliphatic hydroxyl groups excluding tert-OH is 1. The molecule has 0 atom stereocenters. The van der Waals surface area contributed by atoms with Crippen LogP contribution in [-0.2, 0) is 11.0 Å². The number of ketones is 1. The molecule has 0 unspecified atom stereocenters. The van der Waals surface area contributed by atoms with Gasteiger partial charge in [0.2, 0.25) is 0 Å². The van der Waals surface area contributed by atoms with Gasteiger partial charge in [-0.2, -0.15) is 18.4 Å². The minimum absolute atomic E-state index is 0.0223. The number of aliphatic hydroxyl groups is 1. The Balaban J connectivity index is 2.00. The van der Waals surface area contributed by atoms with Gasteiger partial charge in [-0.15, -0.1) is 0 Å². The highest BCUT2D eigenvalue weighted by molar-refractivity contribution is 14.1. The van der Waals surface area contributed by atoms with Crippen LogP contribution in [0.25, 0.3) is 0 Å². The lowest BCUT2D eigenvalue weighted by atomic mass is 10.0. The number of thiocarbonyl (C=S) groups is 1. The van der Waals surface area contributed by atoms with E-state index in [2.05, 4.69) is 0 Å². The van der Waals surface area contributed by atoms with Gasteiger partial charge < -0.3 is 14.7 Å². The molecule has 1 saturated heterocycles. The SMILES string of the molecule is CC1(C)C(=N)N(c2ccc(C#N)c(C(F)(F)F)c2)C(=S)N1c1ccc(OCC(=O)CO)c(I)c1. The Morgan fingerprint density at radius 1 is 1.26 bits per heavy atom. The van der Waals surface area contributed by atoms with Crippen LogP contribution >= 0.6 is 34.8 Å². The summed E-state index contributed by atoms with van der Waals surface area (Å²) in [6, 6.07) is 9.73. The van der Waals surface area contributed by atoms with Crippen LogP contribution in [0.2, 0.25) is 0 Å². The van der Waals surface area contributed by atoms with Gasteiger partial charge in [-0.05, 0) is 85.1 Å². The summed E-state index contributed by atoms with van der Waals surface area (Å²) in [5.74, 6) is -0.117. The van der Waals surface area contributed by atoms with Crippen molar-refractivity contribution in [2.45, 2.75) is 25.6 Å². The topological polar surface area (TPSA) is 101 Å². The third-order valence-electron chi connectivity index (χ3n) is 5.17. The number of nitrogens with zero attached hydrogens (tertiary/aromatic N) is 3. The van der Waals surface area contributed by atoms with E-state index >= 15 is 0 Å². The molecule has 34 heavy (non-hydrogen) atoms. The minimum atomic E-state index is -4.75. The molecular weight excluding hydrogens is 584 g/mol. The molecule has 0 saturated carbocycles. The van der Waals surface area contributed by atoms with E-state index in [1.165, 1.54) is 11.0 Å². The molecule has 0 bridgehead atoms. The van der Waals surface area contributed by atoms with Gasteiger partial charge in [-0.25, -0.2) is 0 Å². The van der Waals surface area contributed by atoms with Crippen LogP contribution in [0.4, 0.5) is 24.5 Å². The number of Topliss-reactive ketones (excluding diaryl/α,β-unsaturated/α-hetero) is 1. The first-order chi connectivity index (χ1) is 15.8.